The number of aliphatic hydroxyl groups excluding tert-OH is 1. The maximum absolute atomic E-state index is 9.06. The number of nitrogens with zero attached hydrogens (tertiary/aromatic N) is 2. The molecular formula is C17H23N3O. The number of aliphatic hydroxyl groups is 1. The Morgan fingerprint density at radius 2 is 2.00 bits per heavy atom. The van der Waals surface area contributed by atoms with Gasteiger partial charge in [0.1, 0.15) is 0 Å². The number of rotatable bonds is 8. The van der Waals surface area contributed by atoms with Crippen LogP contribution in [0.15, 0.2) is 42.7 Å². The average Bonchev–Trinajstić information content (AvgIpc) is 3.11. The molecule has 2 aromatic rings. The van der Waals surface area contributed by atoms with Gasteiger partial charge in [0.15, 0.2) is 0 Å². The molecule has 1 fully saturated rings. The third kappa shape index (κ3) is 3.93. The van der Waals surface area contributed by atoms with E-state index >= 15 is 0 Å². The van der Waals surface area contributed by atoms with Crippen LogP contribution in [0.1, 0.15) is 30.4 Å². The number of hydrogen-bond donors (Lipinski definition) is 2. The molecule has 3 rings (SSSR count). The van der Waals surface area contributed by atoms with Gasteiger partial charge < -0.3 is 10.4 Å². The van der Waals surface area contributed by atoms with Crippen molar-refractivity contribution in [2.45, 2.75) is 32.4 Å². The van der Waals surface area contributed by atoms with E-state index in [0.29, 0.717) is 12.0 Å². The largest absolute Gasteiger partial charge is 0.396 e. The van der Waals surface area contributed by atoms with Crippen molar-refractivity contribution in [1.82, 2.24) is 15.1 Å². The first-order chi connectivity index (χ1) is 10.3. The van der Waals surface area contributed by atoms with Crippen LogP contribution in [0.3, 0.4) is 0 Å². The number of aromatic nitrogens is 2. The van der Waals surface area contributed by atoms with Gasteiger partial charge in [0.05, 0.1) is 12.7 Å². The predicted molar refractivity (Wildman–Crippen MR) is 82.8 cm³/mol. The summed E-state index contributed by atoms with van der Waals surface area (Å²) in [6.45, 7) is 2.96. The van der Waals surface area contributed by atoms with Gasteiger partial charge in [-0.1, -0.05) is 30.3 Å². The van der Waals surface area contributed by atoms with Gasteiger partial charge in [-0.25, -0.2) is 0 Å². The zero-order valence-electron chi connectivity index (χ0n) is 12.3. The molecule has 1 aromatic heterocycles. The maximum Gasteiger partial charge on any atom is 0.0659 e. The highest BCUT2D eigenvalue weighted by molar-refractivity contribution is 5.15. The van der Waals surface area contributed by atoms with Crippen LogP contribution >= 0.6 is 0 Å². The van der Waals surface area contributed by atoms with Crippen molar-refractivity contribution >= 4 is 0 Å². The first kappa shape index (κ1) is 14.3. The molecule has 0 amide bonds. The second-order valence-corrected chi connectivity index (χ2v) is 6.11. The Hall–Kier alpha value is -1.65. The zero-order chi connectivity index (χ0) is 14.5. The molecular weight excluding hydrogens is 262 g/mol. The molecule has 1 saturated carbocycles. The van der Waals surface area contributed by atoms with Crippen LogP contribution in [0.4, 0.5) is 0 Å². The molecule has 21 heavy (non-hydrogen) atoms. The molecule has 4 nitrogen and oxygen atoms in total. The summed E-state index contributed by atoms with van der Waals surface area (Å²) in [6.07, 6.45) is 7.45. The molecule has 1 aromatic carbocycles. The Morgan fingerprint density at radius 1 is 1.19 bits per heavy atom. The van der Waals surface area contributed by atoms with Crippen molar-refractivity contribution in [1.29, 1.82) is 0 Å². The molecule has 0 bridgehead atoms. The highest BCUT2D eigenvalue weighted by atomic mass is 16.3. The van der Waals surface area contributed by atoms with Crippen LogP contribution in [0, 0.1) is 5.41 Å². The summed E-state index contributed by atoms with van der Waals surface area (Å²) in [7, 11) is 0. The summed E-state index contributed by atoms with van der Waals surface area (Å²) in [6, 6.07) is 10.4. The monoisotopic (exact) mass is 285 g/mol. The van der Waals surface area contributed by atoms with Crippen molar-refractivity contribution in [2.24, 2.45) is 5.41 Å². The van der Waals surface area contributed by atoms with Gasteiger partial charge in [-0.2, -0.15) is 5.10 Å². The number of hydrogen-bond acceptors (Lipinski definition) is 3. The van der Waals surface area contributed by atoms with Crippen LogP contribution in [-0.4, -0.2) is 28.0 Å². The Kier molecular flexibility index (Phi) is 4.36. The fourth-order valence-electron chi connectivity index (χ4n) is 2.76. The SMILES string of the molecule is OCCC1(CNCc2cnn(Cc3ccccc3)c2)CC1. The fraction of sp³-hybridized carbons (Fsp3) is 0.471. The second kappa shape index (κ2) is 6.41. The summed E-state index contributed by atoms with van der Waals surface area (Å²) < 4.78 is 1.98. The van der Waals surface area contributed by atoms with Crippen LogP contribution in [0.5, 0.6) is 0 Å². The minimum absolute atomic E-state index is 0.302. The van der Waals surface area contributed by atoms with E-state index in [1.807, 2.05) is 16.9 Å². The second-order valence-electron chi connectivity index (χ2n) is 6.11. The smallest absolute Gasteiger partial charge is 0.0659 e. The van der Waals surface area contributed by atoms with Crippen LogP contribution in [-0.2, 0) is 13.1 Å². The van der Waals surface area contributed by atoms with Crippen molar-refractivity contribution in [3.05, 3.63) is 53.9 Å². The van der Waals surface area contributed by atoms with Gasteiger partial charge in [0.25, 0.3) is 0 Å². The average molecular weight is 285 g/mol. The zero-order valence-corrected chi connectivity index (χ0v) is 12.3. The molecule has 0 atom stereocenters. The minimum atomic E-state index is 0.302. The van der Waals surface area contributed by atoms with E-state index in [-0.39, 0.29) is 0 Å². The van der Waals surface area contributed by atoms with Crippen LogP contribution in [0.2, 0.25) is 0 Å². The lowest BCUT2D eigenvalue weighted by molar-refractivity contribution is 0.245. The van der Waals surface area contributed by atoms with Gasteiger partial charge in [-0.15, -0.1) is 0 Å². The predicted octanol–water partition coefficient (Wildman–Crippen LogP) is 2.18. The highest BCUT2D eigenvalue weighted by Crippen LogP contribution is 2.47. The fourth-order valence-corrected chi connectivity index (χ4v) is 2.76. The van der Waals surface area contributed by atoms with Gasteiger partial charge in [-0.3, -0.25) is 4.68 Å². The molecule has 0 aliphatic heterocycles. The maximum atomic E-state index is 9.06. The first-order valence-electron chi connectivity index (χ1n) is 7.67. The molecule has 1 aliphatic rings. The normalized spacial score (nSPS) is 16.0. The first-order valence-corrected chi connectivity index (χ1v) is 7.67. The summed E-state index contributed by atoms with van der Waals surface area (Å²) in [5.74, 6) is 0. The van der Waals surface area contributed by atoms with Crippen LogP contribution < -0.4 is 5.32 Å². The van der Waals surface area contributed by atoms with E-state index in [4.69, 9.17) is 5.11 Å². The number of benzene rings is 1. The molecule has 0 unspecified atom stereocenters. The van der Waals surface area contributed by atoms with Gasteiger partial charge in [0, 0.05) is 31.5 Å². The lowest BCUT2D eigenvalue weighted by atomic mass is 10.0. The molecule has 4 heteroatoms. The topological polar surface area (TPSA) is 50.1 Å². The van der Waals surface area contributed by atoms with Gasteiger partial charge in [0.2, 0.25) is 0 Å². The Morgan fingerprint density at radius 3 is 2.71 bits per heavy atom. The quantitative estimate of drug-likeness (QED) is 0.781. The van der Waals surface area contributed by atoms with Crippen molar-refractivity contribution in [2.75, 3.05) is 13.2 Å². The van der Waals surface area contributed by atoms with Crippen LogP contribution in [0.25, 0.3) is 0 Å². The van der Waals surface area contributed by atoms with Crippen molar-refractivity contribution < 1.29 is 5.11 Å². The Balaban J connectivity index is 1.47. The molecule has 0 radical (unpaired) electrons. The molecule has 2 N–H and O–H groups in total. The Labute approximate surface area is 125 Å². The molecule has 0 saturated heterocycles. The number of nitrogens with one attached hydrogen (secondary N) is 1. The Bertz CT molecular complexity index is 560. The van der Waals surface area contributed by atoms with E-state index in [1.165, 1.54) is 24.0 Å². The van der Waals surface area contributed by atoms with Gasteiger partial charge in [-0.05, 0) is 30.2 Å². The molecule has 112 valence electrons. The van der Waals surface area contributed by atoms with E-state index in [0.717, 1.165) is 26.1 Å². The molecule has 1 aliphatic carbocycles. The van der Waals surface area contributed by atoms with E-state index in [2.05, 4.69) is 40.9 Å². The van der Waals surface area contributed by atoms with E-state index < -0.39 is 0 Å². The summed E-state index contributed by atoms with van der Waals surface area (Å²) in [5.41, 5.74) is 2.85. The summed E-state index contributed by atoms with van der Waals surface area (Å²) in [5, 5.41) is 17.0. The lowest BCUT2D eigenvalue weighted by Gasteiger charge is -2.13. The highest BCUT2D eigenvalue weighted by Gasteiger charge is 2.41. The third-order valence-electron chi connectivity index (χ3n) is 4.30. The molecule has 0 spiro atoms. The molecule has 1 heterocycles. The van der Waals surface area contributed by atoms with Crippen molar-refractivity contribution in [3.63, 3.8) is 0 Å². The lowest BCUT2D eigenvalue weighted by Crippen LogP contribution is -2.24. The van der Waals surface area contributed by atoms with Gasteiger partial charge >= 0.3 is 0 Å². The minimum Gasteiger partial charge on any atom is -0.396 e. The van der Waals surface area contributed by atoms with Crippen molar-refractivity contribution in [3.8, 4) is 0 Å². The van der Waals surface area contributed by atoms with E-state index in [9.17, 15) is 0 Å². The summed E-state index contributed by atoms with van der Waals surface area (Å²) in [4.78, 5) is 0. The third-order valence-corrected chi connectivity index (χ3v) is 4.30. The standard InChI is InChI=1S/C17H23N3O/c21-9-8-17(6-7-17)14-18-10-16-11-19-20(13-16)12-15-4-2-1-3-5-15/h1-5,11,13,18,21H,6-10,12,14H2. The summed E-state index contributed by atoms with van der Waals surface area (Å²) >= 11 is 0. The van der Waals surface area contributed by atoms with E-state index in [1.54, 1.807) is 0 Å².